The summed E-state index contributed by atoms with van der Waals surface area (Å²) in [5, 5.41) is 10.7. The van der Waals surface area contributed by atoms with E-state index in [1.165, 1.54) is 13.0 Å². The van der Waals surface area contributed by atoms with Gasteiger partial charge in [-0.05, 0) is 25.5 Å². The monoisotopic (exact) mass is 263 g/mol. The van der Waals surface area contributed by atoms with Crippen molar-refractivity contribution in [1.29, 1.82) is 0 Å². The predicted molar refractivity (Wildman–Crippen MR) is 68.2 cm³/mol. The summed E-state index contributed by atoms with van der Waals surface area (Å²) < 4.78 is 4.81. The number of ether oxygens (including phenoxy) is 1. The zero-order chi connectivity index (χ0) is 14.6. The first-order valence-corrected chi connectivity index (χ1v) is 5.54. The number of hydrogen-bond acceptors (Lipinski definition) is 5. The van der Waals surface area contributed by atoms with Crippen LogP contribution in [0.5, 0.6) is 0 Å². The van der Waals surface area contributed by atoms with Crippen LogP contribution >= 0.6 is 0 Å². The number of carbonyl (C=O) groups excluding carboxylic acids is 2. The van der Waals surface area contributed by atoms with E-state index < -0.39 is 16.7 Å². The van der Waals surface area contributed by atoms with Gasteiger partial charge < -0.3 is 4.74 Å². The molecule has 0 heterocycles. The highest BCUT2D eigenvalue weighted by molar-refractivity contribution is 6.14. The van der Waals surface area contributed by atoms with Crippen LogP contribution in [0, 0.1) is 10.1 Å². The number of hydrogen-bond donors (Lipinski definition) is 0. The molecular formula is C13H13NO5. The molecule has 0 bridgehead atoms. The van der Waals surface area contributed by atoms with Crippen LogP contribution in [0.4, 0.5) is 5.69 Å². The largest absolute Gasteiger partial charge is 0.462 e. The molecule has 0 aliphatic heterocycles. The number of Topliss-reactive ketones (excluding diaryl/α,β-unsaturated/α-hetero) is 1. The highest BCUT2D eigenvalue weighted by Gasteiger charge is 2.21. The third-order valence-electron chi connectivity index (χ3n) is 2.34. The van der Waals surface area contributed by atoms with Crippen molar-refractivity contribution in [2.45, 2.75) is 13.8 Å². The number of ketones is 1. The molecule has 0 saturated heterocycles. The average molecular weight is 263 g/mol. The zero-order valence-electron chi connectivity index (χ0n) is 10.6. The molecule has 0 atom stereocenters. The summed E-state index contributed by atoms with van der Waals surface area (Å²) in [6.45, 7) is 6.73. The number of carbonyl (C=O) groups is 2. The van der Waals surface area contributed by atoms with Gasteiger partial charge in [-0.25, -0.2) is 4.79 Å². The molecule has 0 unspecified atom stereocenters. The van der Waals surface area contributed by atoms with Gasteiger partial charge in [-0.1, -0.05) is 6.58 Å². The van der Waals surface area contributed by atoms with Crippen molar-refractivity contribution in [2.24, 2.45) is 0 Å². The smallest absolute Gasteiger partial charge is 0.338 e. The van der Waals surface area contributed by atoms with Gasteiger partial charge in [0.2, 0.25) is 0 Å². The molecule has 100 valence electrons. The minimum Gasteiger partial charge on any atom is -0.462 e. The van der Waals surface area contributed by atoms with E-state index in [0.29, 0.717) is 0 Å². The summed E-state index contributed by atoms with van der Waals surface area (Å²) in [4.78, 5) is 33.7. The number of non-ortho nitro benzene ring substituents is 1. The van der Waals surface area contributed by atoms with Crippen LogP contribution in [-0.4, -0.2) is 23.3 Å². The summed E-state index contributed by atoms with van der Waals surface area (Å²) in [5.41, 5.74) is -0.149. The number of nitro benzene ring substituents is 1. The fourth-order valence-corrected chi connectivity index (χ4v) is 1.45. The molecule has 19 heavy (non-hydrogen) atoms. The van der Waals surface area contributed by atoms with Crippen LogP contribution in [0.1, 0.15) is 34.6 Å². The van der Waals surface area contributed by atoms with E-state index in [0.717, 1.165) is 12.1 Å². The van der Waals surface area contributed by atoms with Crippen molar-refractivity contribution in [3.8, 4) is 0 Å². The van der Waals surface area contributed by atoms with Crippen molar-refractivity contribution >= 4 is 17.4 Å². The van der Waals surface area contributed by atoms with Crippen molar-refractivity contribution in [3.05, 3.63) is 51.6 Å². The van der Waals surface area contributed by atoms with Crippen molar-refractivity contribution in [3.63, 3.8) is 0 Å². The summed E-state index contributed by atoms with van der Waals surface area (Å²) in [6.07, 6.45) is 0. The number of allylic oxidation sites excluding steroid dienone is 1. The Labute approximate surface area is 109 Å². The first-order valence-electron chi connectivity index (χ1n) is 5.54. The second-order valence-corrected chi connectivity index (χ2v) is 3.82. The lowest BCUT2D eigenvalue weighted by molar-refractivity contribution is -0.384. The standard InChI is InChI=1S/C13H13NO5/c1-4-19-13(16)10-6-5-9(14(17)18)7-11(10)12(15)8(2)3/h5-7H,2,4H2,1,3H3. The molecule has 0 amide bonds. The molecule has 6 nitrogen and oxygen atoms in total. The first-order chi connectivity index (χ1) is 8.88. The van der Waals surface area contributed by atoms with Crippen LogP contribution in [-0.2, 0) is 4.74 Å². The second kappa shape index (κ2) is 5.90. The van der Waals surface area contributed by atoms with E-state index >= 15 is 0 Å². The maximum atomic E-state index is 11.9. The fraction of sp³-hybridized carbons (Fsp3) is 0.231. The molecule has 0 aliphatic carbocycles. The number of benzene rings is 1. The van der Waals surface area contributed by atoms with Crippen LogP contribution < -0.4 is 0 Å². The lowest BCUT2D eigenvalue weighted by Crippen LogP contribution is -2.12. The van der Waals surface area contributed by atoms with E-state index in [2.05, 4.69) is 6.58 Å². The highest BCUT2D eigenvalue weighted by atomic mass is 16.6. The molecule has 1 aromatic carbocycles. The van der Waals surface area contributed by atoms with Gasteiger partial charge >= 0.3 is 5.97 Å². The summed E-state index contributed by atoms with van der Waals surface area (Å²) in [6, 6.07) is 3.43. The normalized spacial score (nSPS) is 9.79. The predicted octanol–water partition coefficient (Wildman–Crippen LogP) is 2.53. The summed E-state index contributed by atoms with van der Waals surface area (Å²) in [5.74, 6) is -1.21. The Balaban J connectivity index is 3.38. The Morgan fingerprint density at radius 2 is 2.00 bits per heavy atom. The maximum Gasteiger partial charge on any atom is 0.338 e. The minimum atomic E-state index is -0.693. The Bertz CT molecular complexity index is 562. The van der Waals surface area contributed by atoms with Gasteiger partial charge in [0, 0.05) is 17.7 Å². The van der Waals surface area contributed by atoms with E-state index in [9.17, 15) is 19.7 Å². The molecular weight excluding hydrogens is 250 g/mol. The van der Waals surface area contributed by atoms with Crippen molar-refractivity contribution in [2.75, 3.05) is 6.61 Å². The average Bonchev–Trinajstić information content (AvgIpc) is 2.37. The Morgan fingerprint density at radius 1 is 1.37 bits per heavy atom. The van der Waals surface area contributed by atoms with E-state index in [1.807, 2.05) is 0 Å². The maximum absolute atomic E-state index is 11.9. The summed E-state index contributed by atoms with van der Waals surface area (Å²) >= 11 is 0. The number of rotatable bonds is 5. The van der Waals surface area contributed by atoms with Gasteiger partial charge in [0.05, 0.1) is 17.1 Å². The topological polar surface area (TPSA) is 86.5 Å². The molecule has 0 spiro atoms. The van der Waals surface area contributed by atoms with E-state index in [1.54, 1.807) is 6.92 Å². The first kappa shape index (κ1) is 14.6. The SMILES string of the molecule is C=C(C)C(=O)c1cc([N+](=O)[O-])ccc1C(=O)OCC. The molecule has 0 saturated carbocycles. The second-order valence-electron chi connectivity index (χ2n) is 3.82. The molecule has 0 aromatic heterocycles. The van der Waals surface area contributed by atoms with Gasteiger partial charge in [0.1, 0.15) is 0 Å². The Morgan fingerprint density at radius 3 is 2.47 bits per heavy atom. The van der Waals surface area contributed by atoms with Crippen LogP contribution in [0.2, 0.25) is 0 Å². The minimum absolute atomic E-state index is 0.000417. The Hall–Kier alpha value is -2.50. The zero-order valence-corrected chi connectivity index (χ0v) is 10.6. The van der Waals surface area contributed by atoms with Gasteiger partial charge in [-0.3, -0.25) is 14.9 Å². The van der Waals surface area contributed by atoms with Gasteiger partial charge in [0.15, 0.2) is 5.78 Å². The van der Waals surface area contributed by atoms with E-state index in [4.69, 9.17) is 4.74 Å². The third kappa shape index (κ3) is 3.25. The quantitative estimate of drug-likeness (QED) is 0.268. The number of esters is 1. The van der Waals surface area contributed by atoms with Crippen LogP contribution in [0.15, 0.2) is 30.4 Å². The molecule has 1 rings (SSSR count). The molecule has 0 N–H and O–H groups in total. The van der Waals surface area contributed by atoms with Crippen LogP contribution in [0.25, 0.3) is 0 Å². The highest BCUT2D eigenvalue weighted by Crippen LogP contribution is 2.21. The molecule has 6 heteroatoms. The molecule has 0 radical (unpaired) electrons. The number of nitro groups is 1. The lowest BCUT2D eigenvalue weighted by atomic mass is 9.99. The molecule has 0 fully saturated rings. The molecule has 1 aromatic rings. The van der Waals surface area contributed by atoms with E-state index in [-0.39, 0.29) is 29.0 Å². The van der Waals surface area contributed by atoms with Crippen molar-refractivity contribution in [1.82, 2.24) is 0 Å². The Kier molecular flexibility index (Phi) is 4.52. The van der Waals surface area contributed by atoms with Crippen molar-refractivity contribution < 1.29 is 19.2 Å². The van der Waals surface area contributed by atoms with Crippen LogP contribution in [0.3, 0.4) is 0 Å². The number of nitrogens with zero attached hydrogens (tertiary/aromatic N) is 1. The van der Waals surface area contributed by atoms with Gasteiger partial charge in [-0.2, -0.15) is 0 Å². The molecule has 0 aliphatic rings. The van der Waals surface area contributed by atoms with Gasteiger partial charge in [0.25, 0.3) is 5.69 Å². The van der Waals surface area contributed by atoms with Gasteiger partial charge in [-0.15, -0.1) is 0 Å². The summed E-state index contributed by atoms with van der Waals surface area (Å²) in [7, 11) is 0. The lowest BCUT2D eigenvalue weighted by Gasteiger charge is -2.07. The third-order valence-corrected chi connectivity index (χ3v) is 2.34. The fourth-order valence-electron chi connectivity index (χ4n) is 1.45.